The van der Waals surface area contributed by atoms with Gasteiger partial charge in [0.1, 0.15) is 17.1 Å². The second-order valence-electron chi connectivity index (χ2n) is 7.81. The lowest BCUT2D eigenvalue weighted by molar-refractivity contribution is 0.0848. The summed E-state index contributed by atoms with van der Waals surface area (Å²) in [7, 11) is 0. The molecule has 1 aromatic heterocycles. The third kappa shape index (κ3) is 3.57. The van der Waals surface area contributed by atoms with Crippen molar-refractivity contribution in [2.24, 2.45) is 0 Å². The minimum absolute atomic E-state index is 0.312. The molecule has 1 unspecified atom stereocenters. The van der Waals surface area contributed by atoms with Gasteiger partial charge in [0.25, 0.3) is 0 Å². The maximum atomic E-state index is 12.3. The largest absolute Gasteiger partial charge is 0.493 e. The van der Waals surface area contributed by atoms with Crippen LogP contribution in [-0.2, 0) is 12.8 Å². The summed E-state index contributed by atoms with van der Waals surface area (Å²) in [5.74, 6) is 1.35. The molecule has 2 aromatic rings. The van der Waals surface area contributed by atoms with Crippen LogP contribution in [0.1, 0.15) is 76.7 Å². The molecule has 1 atom stereocenters. The van der Waals surface area contributed by atoms with Gasteiger partial charge in [-0.1, -0.05) is 20.3 Å². The van der Waals surface area contributed by atoms with Crippen LogP contribution >= 0.6 is 0 Å². The Hall–Kier alpha value is -2.01. The lowest BCUT2D eigenvalue weighted by Gasteiger charge is -2.35. The number of fused-ring (bicyclic) bond motifs is 3. The summed E-state index contributed by atoms with van der Waals surface area (Å²) >= 11 is 0. The minimum Gasteiger partial charge on any atom is -0.493 e. The van der Waals surface area contributed by atoms with Gasteiger partial charge < -0.3 is 19.0 Å². The number of benzene rings is 1. The van der Waals surface area contributed by atoms with Crippen molar-refractivity contribution in [1.82, 2.24) is 0 Å². The summed E-state index contributed by atoms with van der Waals surface area (Å²) in [6.07, 6.45) is 3.02. The van der Waals surface area contributed by atoms with E-state index in [0.717, 1.165) is 47.9 Å². The summed E-state index contributed by atoms with van der Waals surface area (Å²) in [6.45, 7) is 10.5. The van der Waals surface area contributed by atoms with Crippen molar-refractivity contribution in [2.45, 2.75) is 78.4 Å². The first-order valence-electron chi connectivity index (χ1n) is 9.98. The fraction of sp³-hybridized carbons (Fsp3) is 0.591. The topological polar surface area (TPSA) is 68.9 Å². The van der Waals surface area contributed by atoms with Crippen molar-refractivity contribution < 1.29 is 19.0 Å². The molecule has 0 fully saturated rings. The molecule has 2 heterocycles. The highest BCUT2D eigenvalue weighted by molar-refractivity contribution is 5.93. The average molecular weight is 374 g/mol. The van der Waals surface area contributed by atoms with Crippen LogP contribution in [-0.4, -0.2) is 17.3 Å². The molecule has 1 aliphatic heterocycles. The second kappa shape index (κ2) is 7.55. The average Bonchev–Trinajstić information content (AvgIpc) is 2.60. The first kappa shape index (κ1) is 19.7. The van der Waals surface area contributed by atoms with Crippen LogP contribution in [0.4, 0.5) is 0 Å². The normalized spacial score (nSPS) is 16.7. The Morgan fingerprint density at radius 2 is 2.04 bits per heavy atom. The van der Waals surface area contributed by atoms with Gasteiger partial charge in [-0.3, -0.25) is 0 Å². The second-order valence-corrected chi connectivity index (χ2v) is 7.81. The van der Waals surface area contributed by atoms with Gasteiger partial charge in [-0.25, -0.2) is 4.79 Å². The third-order valence-electron chi connectivity index (χ3n) is 5.19. The molecule has 5 heteroatoms. The van der Waals surface area contributed by atoms with Crippen LogP contribution in [0.3, 0.4) is 0 Å². The Kier molecular flexibility index (Phi) is 5.52. The van der Waals surface area contributed by atoms with Crippen molar-refractivity contribution in [3.63, 3.8) is 0 Å². The van der Waals surface area contributed by atoms with Crippen molar-refractivity contribution >= 4 is 11.0 Å². The van der Waals surface area contributed by atoms with E-state index in [9.17, 15) is 9.90 Å². The van der Waals surface area contributed by atoms with Crippen LogP contribution in [0.2, 0.25) is 0 Å². The van der Waals surface area contributed by atoms with Gasteiger partial charge in [0.05, 0.1) is 23.7 Å². The van der Waals surface area contributed by atoms with Crippen LogP contribution < -0.4 is 15.1 Å². The highest BCUT2D eigenvalue weighted by Gasteiger charge is 2.35. The number of rotatable bonds is 6. The van der Waals surface area contributed by atoms with Crippen LogP contribution in [0, 0.1) is 0 Å². The summed E-state index contributed by atoms with van der Waals surface area (Å²) < 4.78 is 18.0. The molecule has 148 valence electrons. The van der Waals surface area contributed by atoms with Gasteiger partial charge in [-0.15, -0.1) is 0 Å². The van der Waals surface area contributed by atoms with Gasteiger partial charge in [0.2, 0.25) is 0 Å². The van der Waals surface area contributed by atoms with Gasteiger partial charge in [0.15, 0.2) is 5.58 Å². The maximum absolute atomic E-state index is 12.3. The van der Waals surface area contributed by atoms with E-state index in [0.29, 0.717) is 29.9 Å². The number of hydrogen-bond donors (Lipinski definition) is 1. The Morgan fingerprint density at radius 1 is 1.30 bits per heavy atom. The molecule has 27 heavy (non-hydrogen) atoms. The molecule has 1 aromatic carbocycles. The highest BCUT2D eigenvalue weighted by Crippen LogP contribution is 2.49. The molecule has 0 radical (unpaired) electrons. The molecular weight excluding hydrogens is 344 g/mol. The van der Waals surface area contributed by atoms with E-state index in [1.165, 1.54) is 0 Å². The first-order chi connectivity index (χ1) is 12.8. The molecule has 1 aliphatic rings. The molecule has 5 nitrogen and oxygen atoms in total. The van der Waals surface area contributed by atoms with Gasteiger partial charge in [-0.05, 0) is 52.0 Å². The van der Waals surface area contributed by atoms with Crippen molar-refractivity contribution in [3.05, 3.63) is 33.2 Å². The maximum Gasteiger partial charge on any atom is 0.336 e. The van der Waals surface area contributed by atoms with Gasteiger partial charge >= 0.3 is 5.63 Å². The minimum atomic E-state index is -0.769. The molecule has 0 aliphatic carbocycles. The summed E-state index contributed by atoms with van der Waals surface area (Å²) in [4.78, 5) is 12.3. The molecule has 0 saturated heterocycles. The number of aliphatic hydroxyl groups excluding tert-OH is 1. The summed E-state index contributed by atoms with van der Waals surface area (Å²) in [5, 5.41) is 11.6. The zero-order chi connectivity index (χ0) is 19.8. The van der Waals surface area contributed by atoms with E-state index in [-0.39, 0.29) is 5.60 Å². The monoisotopic (exact) mass is 374 g/mol. The molecule has 0 saturated carbocycles. The third-order valence-corrected chi connectivity index (χ3v) is 5.19. The molecule has 3 rings (SSSR count). The lowest BCUT2D eigenvalue weighted by Crippen LogP contribution is -2.33. The van der Waals surface area contributed by atoms with Crippen molar-refractivity contribution in [1.29, 1.82) is 0 Å². The highest BCUT2D eigenvalue weighted by atomic mass is 16.5. The van der Waals surface area contributed by atoms with Crippen LogP contribution in [0.5, 0.6) is 11.5 Å². The van der Waals surface area contributed by atoms with Crippen molar-refractivity contribution in [3.8, 4) is 11.5 Å². The fourth-order valence-electron chi connectivity index (χ4n) is 3.88. The SMILES string of the molecule is CCCc1cc(=O)oc2c(C(O)CC)c(OCC)c3c(c12)OC(C)(C)CC3. The van der Waals surface area contributed by atoms with Gasteiger partial charge in [-0.2, -0.15) is 0 Å². The van der Waals surface area contributed by atoms with Crippen LogP contribution in [0.15, 0.2) is 15.3 Å². The number of hydrogen-bond acceptors (Lipinski definition) is 5. The summed E-state index contributed by atoms with van der Waals surface area (Å²) in [5.41, 5.74) is 2.13. The van der Waals surface area contributed by atoms with E-state index >= 15 is 0 Å². The quantitative estimate of drug-likeness (QED) is 0.743. The molecule has 0 amide bonds. The fourth-order valence-corrected chi connectivity index (χ4v) is 3.88. The van der Waals surface area contributed by atoms with Gasteiger partial charge in [0, 0.05) is 11.6 Å². The lowest BCUT2D eigenvalue weighted by atomic mass is 9.87. The summed E-state index contributed by atoms with van der Waals surface area (Å²) in [6, 6.07) is 1.56. The Morgan fingerprint density at radius 3 is 2.67 bits per heavy atom. The first-order valence-corrected chi connectivity index (χ1v) is 9.98. The Balaban J connectivity index is 2.48. The molecular formula is C22H30O5. The van der Waals surface area contributed by atoms with Crippen molar-refractivity contribution in [2.75, 3.05) is 6.61 Å². The van der Waals surface area contributed by atoms with E-state index < -0.39 is 11.7 Å². The zero-order valence-corrected chi connectivity index (χ0v) is 17.0. The van der Waals surface area contributed by atoms with E-state index in [1.807, 2.05) is 13.8 Å². The standard InChI is InChI=1S/C22H30O5/c1-6-9-13-12-16(24)26-21-17(13)20-14(10-11-22(4,5)27-20)19(25-8-3)18(21)15(23)7-2/h12,15,23H,6-11H2,1-5H3. The number of ether oxygens (including phenoxy) is 2. The van der Waals surface area contributed by atoms with E-state index in [2.05, 4.69) is 20.8 Å². The Bertz CT molecular complexity index is 894. The van der Waals surface area contributed by atoms with Crippen LogP contribution in [0.25, 0.3) is 11.0 Å². The number of aryl methyl sites for hydroxylation is 1. The molecule has 1 N–H and O–H groups in total. The molecule has 0 bridgehead atoms. The predicted molar refractivity (Wildman–Crippen MR) is 106 cm³/mol. The smallest absolute Gasteiger partial charge is 0.336 e. The number of aliphatic hydroxyl groups is 1. The predicted octanol–water partition coefficient (Wildman–Crippen LogP) is 4.69. The van der Waals surface area contributed by atoms with E-state index in [4.69, 9.17) is 13.9 Å². The van der Waals surface area contributed by atoms with E-state index in [1.54, 1.807) is 6.07 Å². The molecule has 0 spiro atoms. The zero-order valence-electron chi connectivity index (χ0n) is 17.0. The Labute approximate surface area is 160 Å².